The Labute approximate surface area is 172 Å². The minimum atomic E-state index is 0.849. The normalized spacial score (nSPS) is 13.7. The lowest BCUT2D eigenvalue weighted by molar-refractivity contribution is 0.483. The zero-order valence-electron chi connectivity index (χ0n) is 19.7. The van der Waals surface area contributed by atoms with E-state index >= 15 is 0 Å². The van der Waals surface area contributed by atoms with Crippen molar-refractivity contribution in [3.8, 4) is 0 Å². The summed E-state index contributed by atoms with van der Waals surface area (Å²) in [6, 6.07) is 0. The Balaban J connectivity index is 3.73. The fourth-order valence-corrected chi connectivity index (χ4v) is 3.49. The molecule has 0 saturated carbocycles. The molecule has 1 atom stereocenters. The van der Waals surface area contributed by atoms with Crippen molar-refractivity contribution in [1.29, 1.82) is 0 Å². The average molecular weight is 375 g/mol. The van der Waals surface area contributed by atoms with Crippen LogP contribution in [-0.4, -0.2) is 0 Å². The highest BCUT2D eigenvalue weighted by Crippen LogP contribution is 2.18. The molecule has 0 fully saturated rings. The Kier molecular flexibility index (Phi) is 18.0. The van der Waals surface area contributed by atoms with Crippen LogP contribution in [0.1, 0.15) is 131 Å². The third-order valence-corrected chi connectivity index (χ3v) is 5.54. The second-order valence-electron chi connectivity index (χ2n) is 9.06. The number of unbranched alkanes of at least 4 members (excludes halogenated alkanes) is 7. The molecule has 0 heterocycles. The summed E-state index contributed by atoms with van der Waals surface area (Å²) in [6.45, 7) is 13.7. The molecule has 0 aromatic rings. The maximum Gasteiger partial charge on any atom is -0.0288 e. The lowest BCUT2D eigenvalue weighted by Crippen LogP contribution is -1.93. The van der Waals surface area contributed by atoms with Crippen molar-refractivity contribution in [2.75, 3.05) is 0 Å². The lowest BCUT2D eigenvalue weighted by Gasteiger charge is -2.09. The molecule has 1 unspecified atom stereocenters. The Morgan fingerprint density at radius 1 is 0.667 bits per heavy atom. The summed E-state index contributed by atoms with van der Waals surface area (Å²) in [6.07, 6.45) is 26.2. The Bertz CT molecular complexity index is 417. The molecule has 0 aromatic carbocycles. The second kappa shape index (κ2) is 18.6. The summed E-state index contributed by atoms with van der Waals surface area (Å²) >= 11 is 0. The first-order valence-corrected chi connectivity index (χ1v) is 11.9. The van der Waals surface area contributed by atoms with E-state index in [1.807, 2.05) is 0 Å². The largest absolute Gasteiger partial charge is 0.0856 e. The predicted molar refractivity (Wildman–Crippen MR) is 126 cm³/mol. The number of allylic oxidation sites excluding steroid dienone is 6. The van der Waals surface area contributed by atoms with Gasteiger partial charge in [-0.1, -0.05) is 107 Å². The van der Waals surface area contributed by atoms with Crippen LogP contribution in [0, 0.1) is 5.92 Å². The van der Waals surface area contributed by atoms with Gasteiger partial charge in [-0.3, -0.25) is 0 Å². The zero-order valence-corrected chi connectivity index (χ0v) is 19.7. The van der Waals surface area contributed by atoms with Crippen LogP contribution >= 0.6 is 0 Å². The highest BCUT2D eigenvalue weighted by atomic mass is 14.1. The van der Waals surface area contributed by atoms with E-state index in [0.29, 0.717) is 0 Å². The van der Waals surface area contributed by atoms with E-state index in [1.54, 1.807) is 11.1 Å². The van der Waals surface area contributed by atoms with Gasteiger partial charge >= 0.3 is 0 Å². The Morgan fingerprint density at radius 2 is 1.19 bits per heavy atom. The highest BCUT2D eigenvalue weighted by molar-refractivity contribution is 5.05. The van der Waals surface area contributed by atoms with Crippen LogP contribution in [-0.2, 0) is 0 Å². The molecule has 0 rings (SSSR count). The molecule has 0 bridgehead atoms. The molecule has 0 saturated heterocycles. The van der Waals surface area contributed by atoms with Gasteiger partial charge in [-0.25, -0.2) is 0 Å². The van der Waals surface area contributed by atoms with Crippen LogP contribution in [0.15, 0.2) is 34.9 Å². The molecule has 0 aliphatic rings. The van der Waals surface area contributed by atoms with Crippen molar-refractivity contribution in [3.05, 3.63) is 34.9 Å². The molecule has 0 nitrogen and oxygen atoms in total. The molecule has 0 radical (unpaired) electrons. The van der Waals surface area contributed by atoms with E-state index in [2.05, 4.69) is 59.8 Å². The Hall–Kier alpha value is -0.780. The summed E-state index contributed by atoms with van der Waals surface area (Å²) in [5.41, 5.74) is 4.55. The van der Waals surface area contributed by atoms with Crippen molar-refractivity contribution in [3.63, 3.8) is 0 Å². The maximum absolute atomic E-state index is 2.50. The SMILES string of the molecule is CCCCCCCCCCC(C)CC=C(C)CCC=C(C)CCC=C(C)C. The summed E-state index contributed by atoms with van der Waals surface area (Å²) < 4.78 is 0. The fraction of sp³-hybridized carbons (Fsp3) is 0.778. The van der Waals surface area contributed by atoms with Crippen LogP contribution < -0.4 is 0 Å². The van der Waals surface area contributed by atoms with Crippen LogP contribution in [0.4, 0.5) is 0 Å². The van der Waals surface area contributed by atoms with Gasteiger partial charge in [-0.2, -0.15) is 0 Å². The van der Waals surface area contributed by atoms with Gasteiger partial charge < -0.3 is 0 Å². The van der Waals surface area contributed by atoms with Gasteiger partial charge in [0.1, 0.15) is 0 Å². The summed E-state index contributed by atoms with van der Waals surface area (Å²) in [5.74, 6) is 0.849. The van der Waals surface area contributed by atoms with E-state index in [0.717, 1.165) is 5.92 Å². The first-order chi connectivity index (χ1) is 13.0. The molecule has 27 heavy (non-hydrogen) atoms. The molecule has 158 valence electrons. The molecular formula is C27H50. The Morgan fingerprint density at radius 3 is 1.78 bits per heavy atom. The van der Waals surface area contributed by atoms with Crippen molar-refractivity contribution >= 4 is 0 Å². The second-order valence-corrected chi connectivity index (χ2v) is 9.06. The molecule has 0 heteroatoms. The summed E-state index contributed by atoms with van der Waals surface area (Å²) in [7, 11) is 0. The molecule has 0 aliphatic carbocycles. The number of rotatable bonds is 17. The highest BCUT2D eigenvalue weighted by Gasteiger charge is 2.01. The average Bonchev–Trinajstić information content (AvgIpc) is 2.62. The van der Waals surface area contributed by atoms with E-state index in [4.69, 9.17) is 0 Å². The third-order valence-electron chi connectivity index (χ3n) is 5.54. The zero-order chi connectivity index (χ0) is 20.3. The standard InChI is InChI=1S/C27H50/c1-7-8-9-10-11-12-13-14-18-26(5)22-23-27(6)21-16-20-25(4)19-15-17-24(2)3/h17,20,23,26H,7-16,18-19,21-22H2,1-6H3. The molecule has 0 amide bonds. The summed E-state index contributed by atoms with van der Waals surface area (Å²) in [5, 5.41) is 0. The smallest absolute Gasteiger partial charge is 0.0288 e. The molecular weight excluding hydrogens is 324 g/mol. The van der Waals surface area contributed by atoms with E-state index in [-0.39, 0.29) is 0 Å². The van der Waals surface area contributed by atoms with Gasteiger partial charge in [-0.05, 0) is 65.7 Å². The van der Waals surface area contributed by atoms with Gasteiger partial charge in [-0.15, -0.1) is 0 Å². The first kappa shape index (κ1) is 26.2. The van der Waals surface area contributed by atoms with Crippen LogP contribution in [0.2, 0.25) is 0 Å². The fourth-order valence-electron chi connectivity index (χ4n) is 3.49. The van der Waals surface area contributed by atoms with Crippen LogP contribution in [0.5, 0.6) is 0 Å². The molecule has 0 aromatic heterocycles. The van der Waals surface area contributed by atoms with Crippen molar-refractivity contribution in [1.82, 2.24) is 0 Å². The summed E-state index contributed by atoms with van der Waals surface area (Å²) in [4.78, 5) is 0. The topological polar surface area (TPSA) is 0 Å². The monoisotopic (exact) mass is 374 g/mol. The van der Waals surface area contributed by atoms with Gasteiger partial charge in [0.25, 0.3) is 0 Å². The molecule has 0 N–H and O–H groups in total. The molecule has 0 aliphatic heterocycles. The first-order valence-electron chi connectivity index (χ1n) is 11.9. The van der Waals surface area contributed by atoms with Crippen LogP contribution in [0.25, 0.3) is 0 Å². The van der Waals surface area contributed by atoms with Crippen molar-refractivity contribution < 1.29 is 0 Å². The third kappa shape index (κ3) is 19.8. The van der Waals surface area contributed by atoms with Gasteiger partial charge in [0.05, 0.1) is 0 Å². The molecule has 0 spiro atoms. The van der Waals surface area contributed by atoms with Gasteiger partial charge in [0, 0.05) is 0 Å². The van der Waals surface area contributed by atoms with E-state index in [9.17, 15) is 0 Å². The van der Waals surface area contributed by atoms with Gasteiger partial charge in [0.15, 0.2) is 0 Å². The predicted octanol–water partition coefficient (Wildman–Crippen LogP) is 9.96. The minimum absolute atomic E-state index is 0.849. The maximum atomic E-state index is 2.50. The van der Waals surface area contributed by atoms with Gasteiger partial charge in [0.2, 0.25) is 0 Å². The quantitative estimate of drug-likeness (QED) is 0.175. The lowest BCUT2D eigenvalue weighted by atomic mass is 9.97. The number of hydrogen-bond donors (Lipinski definition) is 0. The number of hydrogen-bond acceptors (Lipinski definition) is 0. The minimum Gasteiger partial charge on any atom is -0.0856 e. The van der Waals surface area contributed by atoms with E-state index < -0.39 is 0 Å². The van der Waals surface area contributed by atoms with Crippen molar-refractivity contribution in [2.24, 2.45) is 5.92 Å². The van der Waals surface area contributed by atoms with Crippen LogP contribution in [0.3, 0.4) is 0 Å². The van der Waals surface area contributed by atoms with Crippen molar-refractivity contribution in [2.45, 2.75) is 131 Å². The van der Waals surface area contributed by atoms with E-state index in [1.165, 1.54) is 95.5 Å².